The average Bonchev–Trinajstić information content (AvgIpc) is 3.45. The van der Waals surface area contributed by atoms with Crippen LogP contribution in [0.2, 0.25) is 0 Å². The number of hydrogen-bond donors (Lipinski definition) is 3. The van der Waals surface area contributed by atoms with Crippen molar-refractivity contribution in [2.45, 2.75) is 43.0 Å². The number of piperidine rings is 1. The molecule has 0 aromatic heterocycles. The Morgan fingerprint density at radius 3 is 2.26 bits per heavy atom. The molecule has 0 spiro atoms. The summed E-state index contributed by atoms with van der Waals surface area (Å²) in [6.07, 6.45) is 4.09. The lowest BCUT2D eigenvalue weighted by Crippen LogP contribution is -2.47. The van der Waals surface area contributed by atoms with E-state index in [0.717, 1.165) is 18.4 Å². The van der Waals surface area contributed by atoms with Crippen LogP contribution in [0.25, 0.3) is 0 Å². The SMILES string of the molecule is NS(=O)(=O)c1ccc(CCNC(=O)C2CCN(C(=O)NC3CC3)CC2)cc1. The van der Waals surface area contributed by atoms with E-state index in [1.165, 1.54) is 12.1 Å². The molecule has 4 N–H and O–H groups in total. The maximum Gasteiger partial charge on any atom is 0.317 e. The van der Waals surface area contributed by atoms with Crippen molar-refractivity contribution < 1.29 is 18.0 Å². The second kappa shape index (κ2) is 8.26. The standard InChI is InChI=1S/C18H26N4O4S/c19-27(25,26)16-5-1-13(2-6-16)7-10-20-17(23)14-8-11-22(12-9-14)18(24)21-15-3-4-15/h1-2,5-6,14-15H,3-4,7-12H2,(H,20,23)(H,21,24)(H2,19,25,26). The zero-order valence-electron chi connectivity index (χ0n) is 15.2. The minimum absolute atomic E-state index is 0.0124. The zero-order valence-corrected chi connectivity index (χ0v) is 16.0. The number of amides is 3. The smallest absolute Gasteiger partial charge is 0.317 e. The van der Waals surface area contributed by atoms with Crippen LogP contribution in [-0.2, 0) is 21.2 Å². The Balaban J connectivity index is 1.38. The molecule has 2 fully saturated rings. The minimum atomic E-state index is -3.68. The van der Waals surface area contributed by atoms with Crippen LogP contribution >= 0.6 is 0 Å². The molecule has 1 aromatic rings. The first-order chi connectivity index (χ1) is 12.8. The van der Waals surface area contributed by atoms with E-state index in [-0.39, 0.29) is 22.8 Å². The van der Waals surface area contributed by atoms with Crippen molar-refractivity contribution in [2.24, 2.45) is 11.1 Å². The van der Waals surface area contributed by atoms with Crippen molar-refractivity contribution in [3.05, 3.63) is 29.8 Å². The molecule has 1 saturated heterocycles. The highest BCUT2D eigenvalue weighted by atomic mass is 32.2. The van der Waals surface area contributed by atoms with E-state index in [0.29, 0.717) is 44.9 Å². The maximum atomic E-state index is 12.3. The molecule has 2 aliphatic rings. The van der Waals surface area contributed by atoms with Crippen molar-refractivity contribution >= 4 is 22.0 Å². The third-order valence-electron chi connectivity index (χ3n) is 5.02. The number of carbonyl (C=O) groups is 2. The van der Waals surface area contributed by atoms with Crippen molar-refractivity contribution in [2.75, 3.05) is 19.6 Å². The van der Waals surface area contributed by atoms with Crippen LogP contribution in [0.4, 0.5) is 4.79 Å². The molecular weight excluding hydrogens is 368 g/mol. The normalized spacial score (nSPS) is 18.2. The van der Waals surface area contributed by atoms with Crippen molar-refractivity contribution in [1.82, 2.24) is 15.5 Å². The highest BCUT2D eigenvalue weighted by Gasteiger charge is 2.30. The number of urea groups is 1. The predicted octanol–water partition coefficient (Wildman–Crippen LogP) is 0.577. The third-order valence-corrected chi connectivity index (χ3v) is 5.95. The van der Waals surface area contributed by atoms with Gasteiger partial charge >= 0.3 is 6.03 Å². The van der Waals surface area contributed by atoms with E-state index >= 15 is 0 Å². The molecule has 27 heavy (non-hydrogen) atoms. The van der Waals surface area contributed by atoms with Crippen molar-refractivity contribution in [1.29, 1.82) is 0 Å². The van der Waals surface area contributed by atoms with Gasteiger partial charge in [0.05, 0.1) is 4.90 Å². The Hall–Kier alpha value is -2.13. The molecule has 148 valence electrons. The molecule has 0 unspecified atom stereocenters. The van der Waals surface area contributed by atoms with Gasteiger partial charge < -0.3 is 15.5 Å². The highest BCUT2D eigenvalue weighted by Crippen LogP contribution is 2.21. The lowest BCUT2D eigenvalue weighted by Gasteiger charge is -2.31. The van der Waals surface area contributed by atoms with E-state index in [2.05, 4.69) is 10.6 Å². The van der Waals surface area contributed by atoms with Gasteiger partial charge in [0.25, 0.3) is 0 Å². The van der Waals surface area contributed by atoms with Gasteiger partial charge in [-0.05, 0) is 49.8 Å². The molecule has 1 saturated carbocycles. The number of sulfonamides is 1. The lowest BCUT2D eigenvalue weighted by molar-refractivity contribution is -0.126. The molecule has 1 heterocycles. The second-order valence-electron chi connectivity index (χ2n) is 7.22. The molecule has 0 atom stereocenters. The fraction of sp³-hybridized carbons (Fsp3) is 0.556. The number of primary sulfonamides is 1. The quantitative estimate of drug-likeness (QED) is 0.653. The van der Waals surface area contributed by atoms with E-state index in [9.17, 15) is 18.0 Å². The van der Waals surface area contributed by atoms with Gasteiger partial charge in [-0.3, -0.25) is 4.79 Å². The van der Waals surface area contributed by atoms with Gasteiger partial charge in [0.15, 0.2) is 0 Å². The summed E-state index contributed by atoms with van der Waals surface area (Å²) in [4.78, 5) is 26.2. The van der Waals surface area contributed by atoms with Gasteiger partial charge in [-0.25, -0.2) is 18.4 Å². The summed E-state index contributed by atoms with van der Waals surface area (Å²) in [6, 6.07) is 6.66. The molecule has 1 aromatic carbocycles. The van der Waals surface area contributed by atoms with Crippen LogP contribution < -0.4 is 15.8 Å². The first kappa shape index (κ1) is 19.6. The van der Waals surface area contributed by atoms with Crippen LogP contribution in [0.3, 0.4) is 0 Å². The van der Waals surface area contributed by atoms with Crippen molar-refractivity contribution in [3.63, 3.8) is 0 Å². The summed E-state index contributed by atoms with van der Waals surface area (Å²) >= 11 is 0. The molecule has 3 amide bonds. The Bertz CT molecular complexity index is 782. The number of carbonyl (C=O) groups excluding carboxylic acids is 2. The number of rotatable bonds is 6. The second-order valence-corrected chi connectivity index (χ2v) is 8.78. The Morgan fingerprint density at radius 2 is 1.70 bits per heavy atom. The molecule has 3 rings (SSSR count). The number of benzene rings is 1. The molecule has 0 radical (unpaired) electrons. The van der Waals surface area contributed by atoms with Crippen LogP contribution in [-0.4, -0.2) is 50.9 Å². The van der Waals surface area contributed by atoms with E-state index in [1.807, 2.05) is 0 Å². The predicted molar refractivity (Wildman–Crippen MR) is 100 cm³/mol. The summed E-state index contributed by atoms with van der Waals surface area (Å²) in [5, 5.41) is 11.0. The third kappa shape index (κ3) is 5.67. The molecule has 1 aliphatic heterocycles. The summed E-state index contributed by atoms with van der Waals surface area (Å²) in [7, 11) is -3.68. The van der Waals surface area contributed by atoms with Gasteiger partial charge in [-0.2, -0.15) is 0 Å². The Labute approximate surface area is 159 Å². The van der Waals surface area contributed by atoms with E-state index in [1.54, 1.807) is 17.0 Å². The first-order valence-corrected chi connectivity index (χ1v) is 10.8. The minimum Gasteiger partial charge on any atom is -0.356 e. The summed E-state index contributed by atoms with van der Waals surface area (Å²) in [6.45, 7) is 1.69. The van der Waals surface area contributed by atoms with Crippen LogP contribution in [0.5, 0.6) is 0 Å². The number of nitrogens with one attached hydrogen (secondary N) is 2. The van der Waals surface area contributed by atoms with Gasteiger partial charge in [-0.1, -0.05) is 12.1 Å². The molecule has 0 bridgehead atoms. The molecule has 9 heteroatoms. The zero-order chi connectivity index (χ0) is 19.4. The maximum absolute atomic E-state index is 12.3. The monoisotopic (exact) mass is 394 g/mol. The fourth-order valence-corrected chi connectivity index (χ4v) is 3.67. The van der Waals surface area contributed by atoms with Gasteiger partial charge in [-0.15, -0.1) is 0 Å². The summed E-state index contributed by atoms with van der Waals surface area (Å²) in [5.74, 6) is -0.0573. The summed E-state index contributed by atoms with van der Waals surface area (Å²) < 4.78 is 22.5. The molecule has 8 nitrogen and oxygen atoms in total. The van der Waals surface area contributed by atoms with E-state index in [4.69, 9.17) is 5.14 Å². The number of hydrogen-bond acceptors (Lipinski definition) is 4. The Kier molecular flexibility index (Phi) is 6.01. The van der Waals surface area contributed by atoms with Crippen molar-refractivity contribution in [3.8, 4) is 0 Å². The molecular formula is C18H26N4O4S. The lowest BCUT2D eigenvalue weighted by atomic mass is 9.96. The van der Waals surface area contributed by atoms with Gasteiger partial charge in [0.1, 0.15) is 0 Å². The highest BCUT2D eigenvalue weighted by molar-refractivity contribution is 7.89. The van der Waals surface area contributed by atoms with Gasteiger partial charge in [0, 0.05) is 31.6 Å². The summed E-state index contributed by atoms with van der Waals surface area (Å²) in [5.41, 5.74) is 0.925. The number of nitrogens with two attached hydrogens (primary N) is 1. The van der Waals surface area contributed by atoms with Crippen LogP contribution in [0.15, 0.2) is 29.2 Å². The number of likely N-dealkylation sites (tertiary alicyclic amines) is 1. The van der Waals surface area contributed by atoms with Crippen LogP contribution in [0, 0.1) is 5.92 Å². The van der Waals surface area contributed by atoms with Crippen LogP contribution in [0.1, 0.15) is 31.2 Å². The number of nitrogens with zero attached hydrogens (tertiary/aromatic N) is 1. The van der Waals surface area contributed by atoms with Gasteiger partial charge in [0.2, 0.25) is 15.9 Å². The van der Waals surface area contributed by atoms with E-state index < -0.39 is 10.0 Å². The average molecular weight is 394 g/mol. The largest absolute Gasteiger partial charge is 0.356 e. The first-order valence-electron chi connectivity index (χ1n) is 9.28. The topological polar surface area (TPSA) is 122 Å². The fourth-order valence-electron chi connectivity index (χ4n) is 3.16. The molecule has 1 aliphatic carbocycles. The Morgan fingerprint density at radius 1 is 1.07 bits per heavy atom.